The minimum Gasteiger partial charge on any atom is -0.353 e. The van der Waals surface area contributed by atoms with Crippen LogP contribution in [0.3, 0.4) is 0 Å². The average molecular weight is 494 g/mol. The van der Waals surface area contributed by atoms with Gasteiger partial charge in [0.25, 0.3) is 0 Å². The van der Waals surface area contributed by atoms with Gasteiger partial charge in [-0.15, -0.1) is 11.8 Å². The highest BCUT2D eigenvalue weighted by molar-refractivity contribution is 7.99. The predicted octanol–water partition coefficient (Wildman–Crippen LogP) is 4.16. The topological polar surface area (TPSA) is 76.9 Å². The van der Waals surface area contributed by atoms with Crippen LogP contribution < -0.4 is 0 Å². The monoisotopic (exact) mass is 493 g/mol. The molecule has 34 heavy (non-hydrogen) atoms. The van der Waals surface area contributed by atoms with Crippen LogP contribution >= 0.6 is 11.8 Å². The zero-order valence-electron chi connectivity index (χ0n) is 19.3. The quantitative estimate of drug-likeness (QED) is 0.556. The van der Waals surface area contributed by atoms with Gasteiger partial charge in [-0.1, -0.05) is 0 Å². The average Bonchev–Trinajstić information content (AvgIpc) is 3.30. The first kappa shape index (κ1) is 23.1. The number of hydrogen-bond donors (Lipinski definition) is 0. The maximum atomic E-state index is 16.1. The highest BCUT2D eigenvalue weighted by atomic mass is 32.2. The van der Waals surface area contributed by atoms with Gasteiger partial charge in [-0.2, -0.15) is 0 Å². The molecule has 3 saturated heterocycles. The van der Waals surface area contributed by atoms with Crippen molar-refractivity contribution in [2.24, 2.45) is 0 Å². The Balaban J connectivity index is 1.26. The zero-order chi connectivity index (χ0) is 22.9. The lowest BCUT2D eigenvalue weighted by molar-refractivity contribution is -0.220. The predicted molar refractivity (Wildman–Crippen MR) is 123 cm³/mol. The van der Waals surface area contributed by atoms with E-state index >= 15 is 4.39 Å². The Morgan fingerprint density at radius 3 is 2.68 bits per heavy atom. The van der Waals surface area contributed by atoms with Gasteiger partial charge in [0.05, 0.1) is 12.0 Å². The van der Waals surface area contributed by atoms with Crippen molar-refractivity contribution in [3.8, 4) is 0 Å². The van der Waals surface area contributed by atoms with Crippen molar-refractivity contribution >= 4 is 22.8 Å². The summed E-state index contributed by atoms with van der Waals surface area (Å²) in [7, 11) is 0. The van der Waals surface area contributed by atoms with Crippen LogP contribution in [0.1, 0.15) is 56.7 Å². The van der Waals surface area contributed by atoms with E-state index in [4.69, 9.17) is 23.7 Å². The van der Waals surface area contributed by atoms with Gasteiger partial charge in [-0.3, -0.25) is 0 Å². The summed E-state index contributed by atoms with van der Waals surface area (Å²) in [6.45, 7) is 1.54. The lowest BCUT2D eigenvalue weighted by Gasteiger charge is -2.29. The fourth-order valence-electron chi connectivity index (χ4n) is 5.31. The van der Waals surface area contributed by atoms with Crippen LogP contribution in [0.15, 0.2) is 17.6 Å². The molecule has 0 aromatic carbocycles. The second kappa shape index (κ2) is 10.4. The number of thioether (sulfide) groups is 1. The van der Waals surface area contributed by atoms with Crippen molar-refractivity contribution < 1.29 is 28.1 Å². The molecule has 4 aliphatic heterocycles. The molecule has 0 bridgehead atoms. The third-order valence-electron chi connectivity index (χ3n) is 7.05. The van der Waals surface area contributed by atoms with Crippen molar-refractivity contribution in [2.75, 3.05) is 25.6 Å². The van der Waals surface area contributed by atoms with E-state index in [2.05, 4.69) is 9.97 Å². The molecular formula is C24H32FN3O5S. The number of ether oxygens (including phenoxy) is 5. The van der Waals surface area contributed by atoms with Gasteiger partial charge >= 0.3 is 0 Å². The lowest BCUT2D eigenvalue weighted by Crippen LogP contribution is -2.40. The third kappa shape index (κ3) is 4.60. The van der Waals surface area contributed by atoms with Crippen molar-refractivity contribution in [3.63, 3.8) is 0 Å². The van der Waals surface area contributed by atoms with E-state index in [1.807, 2.05) is 10.8 Å². The molecule has 8 nitrogen and oxygen atoms in total. The summed E-state index contributed by atoms with van der Waals surface area (Å²) in [5.41, 5.74) is 1.86. The minimum absolute atomic E-state index is 0.209. The minimum atomic E-state index is -1.39. The molecule has 0 amide bonds. The molecule has 2 unspecified atom stereocenters. The van der Waals surface area contributed by atoms with Crippen molar-refractivity contribution in [3.05, 3.63) is 18.1 Å². The van der Waals surface area contributed by atoms with Crippen LogP contribution in [-0.4, -0.2) is 71.1 Å². The number of hydrogen-bond acceptors (Lipinski definition) is 8. The standard InChI is InChI=1S/C24H32FN3O5S/c25-20-21(33-18-8-2-4-10-30-18)16(13-31-17-7-1-3-9-29-17)32-24(20)28-12-15-6-5-11-34-23-19(15)22(28)26-14-27-23/h12,14,16-18,20-21,24H,1-11,13H2/t16-,17?,18?,20-,21-,24-/m1/s1. The van der Waals surface area contributed by atoms with Gasteiger partial charge in [0.15, 0.2) is 25.0 Å². The molecule has 6 rings (SSSR count). The molecule has 0 N–H and O–H groups in total. The Labute approximate surface area is 202 Å². The van der Waals surface area contributed by atoms with Crippen LogP contribution in [-0.2, 0) is 30.1 Å². The molecule has 0 radical (unpaired) electrons. The highest BCUT2D eigenvalue weighted by Gasteiger charge is 2.49. The van der Waals surface area contributed by atoms with E-state index in [0.29, 0.717) is 18.9 Å². The maximum Gasteiger partial charge on any atom is 0.174 e. The Morgan fingerprint density at radius 2 is 1.88 bits per heavy atom. The Morgan fingerprint density at radius 1 is 1.06 bits per heavy atom. The van der Waals surface area contributed by atoms with E-state index in [1.54, 1.807) is 18.1 Å². The summed E-state index contributed by atoms with van der Waals surface area (Å²) in [5, 5.41) is 1.98. The SMILES string of the molecule is F[C@@H]1[C@H](OC2CCCCO2)[C@@H](COC2CCCCO2)O[C@H]1n1cc2c3c(ncnc31)SCCC2. The first-order valence-corrected chi connectivity index (χ1v) is 13.5. The first-order valence-electron chi connectivity index (χ1n) is 12.5. The number of halogens is 1. The van der Waals surface area contributed by atoms with E-state index in [9.17, 15) is 0 Å². The number of aromatic nitrogens is 3. The van der Waals surface area contributed by atoms with Crippen LogP contribution in [0, 0.1) is 0 Å². The van der Waals surface area contributed by atoms with Crippen LogP contribution in [0.25, 0.3) is 11.0 Å². The number of rotatable bonds is 6. The first-order chi connectivity index (χ1) is 16.8. The molecular weight excluding hydrogens is 461 g/mol. The zero-order valence-corrected chi connectivity index (χ0v) is 20.1. The van der Waals surface area contributed by atoms with Gasteiger partial charge in [0.1, 0.15) is 29.2 Å². The summed E-state index contributed by atoms with van der Waals surface area (Å²) < 4.78 is 47.9. The van der Waals surface area contributed by atoms with Crippen LogP contribution in [0.5, 0.6) is 0 Å². The van der Waals surface area contributed by atoms with Gasteiger partial charge < -0.3 is 28.3 Å². The van der Waals surface area contributed by atoms with Crippen LogP contribution in [0.4, 0.5) is 4.39 Å². The fraction of sp³-hybridized carbons (Fsp3) is 0.750. The summed E-state index contributed by atoms with van der Waals surface area (Å²) in [5.74, 6) is 1.02. The van der Waals surface area contributed by atoms with Gasteiger partial charge in [-0.25, -0.2) is 14.4 Å². The van der Waals surface area contributed by atoms with Crippen LogP contribution in [0.2, 0.25) is 0 Å². The Hall–Kier alpha value is -1.30. The maximum absolute atomic E-state index is 16.1. The second-order valence-corrected chi connectivity index (χ2v) is 10.5. The summed E-state index contributed by atoms with van der Waals surface area (Å²) in [6.07, 6.45) is 6.97. The normalized spacial score (nSPS) is 34.4. The molecule has 6 atom stereocenters. The molecule has 4 aliphatic rings. The molecule has 0 spiro atoms. The number of aryl methyl sites for hydroxylation is 1. The second-order valence-electron chi connectivity index (χ2n) is 9.43. The molecule has 2 aromatic heterocycles. The van der Waals surface area contributed by atoms with E-state index < -0.39 is 30.9 Å². The summed E-state index contributed by atoms with van der Waals surface area (Å²) in [6, 6.07) is 0. The molecule has 0 aliphatic carbocycles. The number of alkyl halides is 1. The smallest absolute Gasteiger partial charge is 0.174 e. The molecule has 6 heterocycles. The van der Waals surface area contributed by atoms with Crippen molar-refractivity contribution in [1.82, 2.24) is 14.5 Å². The Kier molecular flexibility index (Phi) is 7.05. The van der Waals surface area contributed by atoms with Gasteiger partial charge in [-0.05, 0) is 62.7 Å². The highest BCUT2D eigenvalue weighted by Crippen LogP contribution is 2.41. The third-order valence-corrected chi connectivity index (χ3v) is 8.13. The Bertz CT molecular complexity index is 981. The van der Waals surface area contributed by atoms with Gasteiger partial charge in [0.2, 0.25) is 0 Å². The van der Waals surface area contributed by atoms with E-state index in [1.165, 1.54) is 0 Å². The number of nitrogens with zero attached hydrogens (tertiary/aromatic N) is 3. The molecule has 0 saturated carbocycles. The molecule has 10 heteroatoms. The van der Waals surface area contributed by atoms with Crippen molar-refractivity contribution in [1.29, 1.82) is 0 Å². The molecule has 186 valence electrons. The summed E-state index contributed by atoms with van der Waals surface area (Å²) in [4.78, 5) is 9.00. The molecule has 2 aromatic rings. The summed E-state index contributed by atoms with van der Waals surface area (Å²) >= 11 is 1.73. The van der Waals surface area contributed by atoms with E-state index in [-0.39, 0.29) is 12.9 Å². The van der Waals surface area contributed by atoms with Gasteiger partial charge in [0, 0.05) is 19.4 Å². The van der Waals surface area contributed by atoms with Crippen molar-refractivity contribution in [2.45, 2.75) is 93.6 Å². The fourth-order valence-corrected chi connectivity index (χ4v) is 6.28. The largest absolute Gasteiger partial charge is 0.353 e. The van der Waals surface area contributed by atoms with E-state index in [0.717, 1.165) is 73.1 Å². The lowest BCUT2D eigenvalue weighted by atomic mass is 10.1. The molecule has 3 fully saturated rings.